The maximum atomic E-state index is 12.7. The van der Waals surface area contributed by atoms with Gasteiger partial charge in [-0.15, -0.1) is 0 Å². The molecule has 5 nitrogen and oxygen atoms in total. The highest BCUT2D eigenvalue weighted by Gasteiger charge is 2.36. The number of nitrogen functional groups attached to an aromatic ring is 1. The Morgan fingerprint density at radius 1 is 1.21 bits per heavy atom. The van der Waals surface area contributed by atoms with E-state index in [9.17, 15) is 13.2 Å². The fraction of sp³-hybridized carbons (Fsp3) is 0.545. The molecular formula is C11H12F3N5. The first kappa shape index (κ1) is 12.2. The maximum absolute atomic E-state index is 12.7. The predicted octanol–water partition coefficient (Wildman–Crippen LogP) is 2.54. The van der Waals surface area contributed by atoms with Gasteiger partial charge in [-0.3, -0.25) is 0 Å². The number of alkyl halides is 3. The third kappa shape index (κ3) is 2.00. The second-order valence-corrected chi connectivity index (χ2v) is 4.69. The smallest absolute Gasteiger partial charge is 0.382 e. The fourth-order valence-corrected chi connectivity index (χ4v) is 2.51. The molecule has 0 bridgehead atoms. The topological polar surface area (TPSA) is 69.6 Å². The van der Waals surface area contributed by atoms with Crippen LogP contribution in [0.3, 0.4) is 0 Å². The predicted molar refractivity (Wildman–Crippen MR) is 62.2 cm³/mol. The van der Waals surface area contributed by atoms with E-state index in [0.717, 1.165) is 25.7 Å². The molecule has 1 aliphatic carbocycles. The summed E-state index contributed by atoms with van der Waals surface area (Å²) < 4.78 is 39.8. The Morgan fingerprint density at radius 2 is 1.89 bits per heavy atom. The number of aromatic nitrogens is 4. The van der Waals surface area contributed by atoms with Gasteiger partial charge in [-0.25, -0.2) is 15.0 Å². The summed E-state index contributed by atoms with van der Waals surface area (Å²) in [6, 6.07) is 0.153. The lowest BCUT2D eigenvalue weighted by Gasteiger charge is -2.12. The molecule has 2 heterocycles. The summed E-state index contributed by atoms with van der Waals surface area (Å²) in [5, 5.41) is 0. The van der Waals surface area contributed by atoms with Gasteiger partial charge in [0.2, 0.25) is 5.82 Å². The van der Waals surface area contributed by atoms with Crippen LogP contribution in [0.25, 0.3) is 11.2 Å². The van der Waals surface area contributed by atoms with Crippen molar-refractivity contribution in [1.82, 2.24) is 19.5 Å². The summed E-state index contributed by atoms with van der Waals surface area (Å²) in [7, 11) is 0. The van der Waals surface area contributed by atoms with E-state index >= 15 is 0 Å². The highest BCUT2D eigenvalue weighted by molar-refractivity contribution is 5.81. The first-order valence-corrected chi connectivity index (χ1v) is 6.04. The van der Waals surface area contributed by atoms with Crippen molar-refractivity contribution in [2.45, 2.75) is 37.9 Å². The van der Waals surface area contributed by atoms with Gasteiger partial charge in [0.15, 0.2) is 11.5 Å². The van der Waals surface area contributed by atoms with E-state index in [-0.39, 0.29) is 23.0 Å². The van der Waals surface area contributed by atoms with E-state index in [2.05, 4.69) is 15.0 Å². The molecule has 1 fully saturated rings. The number of hydrogen-bond donors (Lipinski definition) is 1. The molecule has 2 aromatic heterocycles. The zero-order valence-electron chi connectivity index (χ0n) is 9.98. The van der Waals surface area contributed by atoms with Gasteiger partial charge in [0.25, 0.3) is 0 Å². The van der Waals surface area contributed by atoms with Gasteiger partial charge >= 0.3 is 6.18 Å². The van der Waals surface area contributed by atoms with Crippen molar-refractivity contribution in [3.8, 4) is 0 Å². The lowest BCUT2D eigenvalue weighted by Crippen LogP contribution is -2.14. The second kappa shape index (κ2) is 4.07. The summed E-state index contributed by atoms with van der Waals surface area (Å²) >= 11 is 0. The van der Waals surface area contributed by atoms with Crippen LogP contribution in [0.4, 0.5) is 19.0 Å². The molecular weight excluding hydrogens is 259 g/mol. The number of nitrogens with two attached hydrogens (primary N) is 1. The van der Waals surface area contributed by atoms with Gasteiger partial charge in [-0.05, 0) is 12.8 Å². The van der Waals surface area contributed by atoms with Gasteiger partial charge in [0.05, 0.1) is 6.33 Å². The number of nitrogens with zero attached hydrogens (tertiary/aromatic N) is 4. The molecule has 0 amide bonds. The van der Waals surface area contributed by atoms with Gasteiger partial charge in [0, 0.05) is 6.04 Å². The molecule has 1 aliphatic rings. The minimum absolute atomic E-state index is 0.153. The fourth-order valence-electron chi connectivity index (χ4n) is 2.51. The first-order chi connectivity index (χ1) is 8.97. The molecule has 1 saturated carbocycles. The minimum atomic E-state index is -4.60. The Bertz CT molecular complexity index is 613. The molecule has 8 heteroatoms. The Balaban J connectivity index is 2.17. The molecule has 2 aromatic rings. The van der Waals surface area contributed by atoms with Gasteiger partial charge in [-0.1, -0.05) is 12.8 Å². The van der Waals surface area contributed by atoms with Crippen molar-refractivity contribution in [2.24, 2.45) is 0 Å². The largest absolute Gasteiger partial charge is 0.451 e. The summed E-state index contributed by atoms with van der Waals surface area (Å²) in [6.45, 7) is 0. The maximum Gasteiger partial charge on any atom is 0.451 e. The third-order valence-electron chi connectivity index (χ3n) is 3.42. The number of imidazole rings is 1. The van der Waals surface area contributed by atoms with Crippen LogP contribution in [0.2, 0.25) is 0 Å². The molecule has 0 atom stereocenters. The van der Waals surface area contributed by atoms with E-state index in [1.165, 1.54) is 6.33 Å². The molecule has 0 saturated heterocycles. The standard InChI is InChI=1S/C11H12F3N5/c12-11(13,14)10-17-8(15)7-9(18-10)19(5-16-7)6-3-1-2-4-6/h5-6H,1-4H2,(H2,15,17,18). The number of fused-ring (bicyclic) bond motifs is 1. The van der Waals surface area contributed by atoms with E-state index in [4.69, 9.17) is 5.73 Å². The first-order valence-electron chi connectivity index (χ1n) is 6.04. The van der Waals surface area contributed by atoms with Crippen LogP contribution in [-0.2, 0) is 6.18 Å². The van der Waals surface area contributed by atoms with Crippen LogP contribution in [0.5, 0.6) is 0 Å². The van der Waals surface area contributed by atoms with Crippen molar-refractivity contribution < 1.29 is 13.2 Å². The van der Waals surface area contributed by atoms with Gasteiger partial charge < -0.3 is 10.3 Å². The molecule has 0 unspecified atom stereocenters. The van der Waals surface area contributed by atoms with Crippen LogP contribution in [0.15, 0.2) is 6.33 Å². The van der Waals surface area contributed by atoms with Crippen LogP contribution >= 0.6 is 0 Å². The molecule has 0 radical (unpaired) electrons. The van der Waals surface area contributed by atoms with Crippen molar-refractivity contribution in [1.29, 1.82) is 0 Å². The van der Waals surface area contributed by atoms with E-state index in [0.29, 0.717) is 0 Å². The zero-order chi connectivity index (χ0) is 13.6. The summed E-state index contributed by atoms with van der Waals surface area (Å²) in [5.41, 5.74) is 5.95. The summed E-state index contributed by atoms with van der Waals surface area (Å²) in [5.74, 6) is -1.44. The number of halogens is 3. The number of rotatable bonds is 1. The Kier molecular flexibility index (Phi) is 2.61. The van der Waals surface area contributed by atoms with Crippen molar-refractivity contribution >= 4 is 17.0 Å². The molecule has 0 aliphatic heterocycles. The molecule has 0 aromatic carbocycles. The minimum Gasteiger partial charge on any atom is -0.382 e. The van der Waals surface area contributed by atoms with Crippen LogP contribution in [-0.4, -0.2) is 19.5 Å². The number of anilines is 1. The molecule has 2 N–H and O–H groups in total. The Hall–Kier alpha value is -1.86. The third-order valence-corrected chi connectivity index (χ3v) is 3.42. The van der Waals surface area contributed by atoms with E-state index in [1.807, 2.05) is 0 Å². The average molecular weight is 271 g/mol. The zero-order valence-corrected chi connectivity index (χ0v) is 9.98. The Morgan fingerprint density at radius 3 is 2.53 bits per heavy atom. The highest BCUT2D eigenvalue weighted by atomic mass is 19.4. The molecule has 19 heavy (non-hydrogen) atoms. The SMILES string of the molecule is Nc1nc(C(F)(F)F)nc2c1ncn2C1CCCC1. The van der Waals surface area contributed by atoms with Crippen LogP contribution < -0.4 is 5.73 Å². The lowest BCUT2D eigenvalue weighted by atomic mass is 10.2. The summed E-state index contributed by atoms with van der Waals surface area (Å²) in [6.07, 6.45) is 0.889. The normalized spacial score (nSPS) is 17.4. The van der Waals surface area contributed by atoms with E-state index < -0.39 is 12.0 Å². The molecule has 0 spiro atoms. The van der Waals surface area contributed by atoms with Gasteiger partial charge in [0.1, 0.15) is 5.52 Å². The Labute approximate surface area is 106 Å². The van der Waals surface area contributed by atoms with E-state index in [1.54, 1.807) is 4.57 Å². The molecule has 3 rings (SSSR count). The second-order valence-electron chi connectivity index (χ2n) is 4.69. The van der Waals surface area contributed by atoms with Gasteiger partial charge in [-0.2, -0.15) is 13.2 Å². The van der Waals surface area contributed by atoms with Crippen LogP contribution in [0.1, 0.15) is 37.5 Å². The monoisotopic (exact) mass is 271 g/mol. The van der Waals surface area contributed by atoms with Crippen molar-refractivity contribution in [3.63, 3.8) is 0 Å². The quantitative estimate of drug-likeness (QED) is 0.865. The number of hydrogen-bond acceptors (Lipinski definition) is 4. The highest BCUT2D eigenvalue weighted by Crippen LogP contribution is 2.34. The summed E-state index contributed by atoms with van der Waals surface area (Å²) in [4.78, 5) is 10.9. The van der Waals surface area contributed by atoms with Crippen molar-refractivity contribution in [3.05, 3.63) is 12.2 Å². The van der Waals surface area contributed by atoms with Crippen LogP contribution in [0, 0.1) is 0 Å². The lowest BCUT2D eigenvalue weighted by molar-refractivity contribution is -0.144. The van der Waals surface area contributed by atoms with Crippen molar-refractivity contribution in [2.75, 3.05) is 5.73 Å². The molecule has 102 valence electrons. The average Bonchev–Trinajstić information content (AvgIpc) is 2.94.